The molecular formula is C22H22BrNO6. The third-order valence-corrected chi connectivity index (χ3v) is 5.55. The van der Waals surface area contributed by atoms with Gasteiger partial charge in [0.2, 0.25) is 0 Å². The van der Waals surface area contributed by atoms with E-state index in [2.05, 4.69) is 15.9 Å². The summed E-state index contributed by atoms with van der Waals surface area (Å²) in [4.78, 5) is 27.2. The fourth-order valence-corrected chi connectivity index (χ4v) is 4.03. The van der Waals surface area contributed by atoms with Crippen molar-refractivity contribution in [3.8, 4) is 11.5 Å². The lowest BCUT2D eigenvalue weighted by atomic mass is 9.94. The number of ketones is 1. The van der Waals surface area contributed by atoms with Crippen LogP contribution in [0.25, 0.3) is 5.76 Å². The lowest BCUT2D eigenvalue weighted by Crippen LogP contribution is -2.32. The van der Waals surface area contributed by atoms with Gasteiger partial charge in [0, 0.05) is 24.8 Å². The van der Waals surface area contributed by atoms with Crippen molar-refractivity contribution in [1.29, 1.82) is 0 Å². The van der Waals surface area contributed by atoms with Crippen LogP contribution in [0.1, 0.15) is 17.2 Å². The van der Waals surface area contributed by atoms with Gasteiger partial charge in [-0.3, -0.25) is 9.59 Å². The lowest BCUT2D eigenvalue weighted by molar-refractivity contribution is -0.140. The number of methoxy groups -OCH3 is 3. The maximum Gasteiger partial charge on any atom is 0.295 e. The molecule has 0 aliphatic carbocycles. The number of para-hydroxylation sites is 1. The third-order valence-electron chi connectivity index (χ3n) is 4.94. The molecule has 0 aromatic heterocycles. The van der Waals surface area contributed by atoms with Crippen LogP contribution >= 0.6 is 15.9 Å². The Kier molecular flexibility index (Phi) is 6.79. The molecule has 3 rings (SSSR count). The molecule has 7 nitrogen and oxygen atoms in total. The Morgan fingerprint density at radius 2 is 1.77 bits per heavy atom. The number of rotatable bonds is 7. The number of ether oxygens (including phenoxy) is 3. The van der Waals surface area contributed by atoms with E-state index in [1.807, 2.05) is 0 Å². The van der Waals surface area contributed by atoms with Crippen molar-refractivity contribution >= 4 is 33.4 Å². The number of Topliss-reactive ketones (excluding diaryl/α,β-unsaturated/α-hetero) is 1. The van der Waals surface area contributed by atoms with Crippen molar-refractivity contribution in [1.82, 2.24) is 4.90 Å². The second kappa shape index (κ2) is 9.32. The number of likely N-dealkylation sites (tertiary alicyclic amines) is 1. The SMILES string of the molecule is COCCN1C(=O)C(=O)/C(=C(/O)c2ccc(OC)c(Br)c2)C1c1ccccc1OC. The van der Waals surface area contributed by atoms with E-state index in [0.29, 0.717) is 27.1 Å². The van der Waals surface area contributed by atoms with E-state index in [1.165, 1.54) is 26.2 Å². The summed E-state index contributed by atoms with van der Waals surface area (Å²) in [6.45, 7) is 0.430. The molecular weight excluding hydrogens is 454 g/mol. The van der Waals surface area contributed by atoms with Crippen molar-refractivity contribution in [2.24, 2.45) is 0 Å². The maximum absolute atomic E-state index is 13.0. The Morgan fingerprint density at radius 1 is 1.07 bits per heavy atom. The van der Waals surface area contributed by atoms with Gasteiger partial charge in [-0.05, 0) is 40.2 Å². The van der Waals surface area contributed by atoms with E-state index in [9.17, 15) is 14.7 Å². The molecule has 1 fully saturated rings. The van der Waals surface area contributed by atoms with Gasteiger partial charge in [0.1, 0.15) is 17.3 Å². The summed E-state index contributed by atoms with van der Waals surface area (Å²) in [7, 11) is 4.56. The lowest BCUT2D eigenvalue weighted by Gasteiger charge is -2.26. The predicted molar refractivity (Wildman–Crippen MR) is 115 cm³/mol. The minimum Gasteiger partial charge on any atom is -0.507 e. The minimum atomic E-state index is -0.808. The summed E-state index contributed by atoms with van der Waals surface area (Å²) >= 11 is 3.38. The summed E-state index contributed by atoms with van der Waals surface area (Å²) in [5.41, 5.74) is 0.981. The number of carbonyl (C=O) groups is 2. The highest BCUT2D eigenvalue weighted by Gasteiger charge is 2.46. The van der Waals surface area contributed by atoms with Gasteiger partial charge in [-0.15, -0.1) is 0 Å². The van der Waals surface area contributed by atoms with Crippen LogP contribution in [0.3, 0.4) is 0 Å². The first kappa shape index (κ1) is 21.9. The molecule has 0 radical (unpaired) electrons. The van der Waals surface area contributed by atoms with Crippen molar-refractivity contribution in [3.63, 3.8) is 0 Å². The van der Waals surface area contributed by atoms with Gasteiger partial charge in [-0.25, -0.2) is 0 Å². The number of benzene rings is 2. The Hall–Kier alpha value is -2.84. The minimum absolute atomic E-state index is 0.00216. The van der Waals surface area contributed by atoms with Crippen molar-refractivity contribution in [2.45, 2.75) is 6.04 Å². The molecule has 1 amide bonds. The predicted octanol–water partition coefficient (Wildman–Crippen LogP) is 3.53. The molecule has 0 bridgehead atoms. The number of hydrogen-bond donors (Lipinski definition) is 1. The monoisotopic (exact) mass is 475 g/mol. The molecule has 1 unspecified atom stereocenters. The van der Waals surface area contributed by atoms with E-state index in [1.54, 1.807) is 42.5 Å². The van der Waals surface area contributed by atoms with Crippen LogP contribution in [-0.2, 0) is 14.3 Å². The molecule has 2 aromatic carbocycles. The number of halogens is 1. The molecule has 30 heavy (non-hydrogen) atoms. The number of aliphatic hydroxyl groups is 1. The van der Waals surface area contributed by atoms with E-state index < -0.39 is 17.7 Å². The topological polar surface area (TPSA) is 85.3 Å². The first-order chi connectivity index (χ1) is 14.4. The summed E-state index contributed by atoms with van der Waals surface area (Å²) in [6.07, 6.45) is 0. The molecule has 158 valence electrons. The summed E-state index contributed by atoms with van der Waals surface area (Å²) < 4.78 is 16.4. The molecule has 1 N–H and O–H groups in total. The van der Waals surface area contributed by atoms with Gasteiger partial charge in [-0.1, -0.05) is 18.2 Å². The highest BCUT2D eigenvalue weighted by atomic mass is 79.9. The van der Waals surface area contributed by atoms with E-state index in [0.717, 1.165) is 0 Å². The quantitative estimate of drug-likeness (QED) is 0.374. The standard InChI is InChI=1S/C22H22BrNO6/c1-28-11-10-24-19(14-6-4-5-7-16(14)29-2)18(21(26)22(24)27)20(25)13-8-9-17(30-3)15(23)12-13/h4-9,12,19,25H,10-11H2,1-3H3/b20-18+. The van der Waals surface area contributed by atoms with Crippen molar-refractivity contribution < 1.29 is 28.9 Å². The molecule has 0 saturated carbocycles. The molecule has 1 saturated heterocycles. The molecule has 8 heteroatoms. The summed E-state index contributed by atoms with van der Waals surface area (Å²) in [6, 6.07) is 11.2. The molecule has 2 aromatic rings. The molecule has 1 aliphatic heterocycles. The van der Waals surface area contributed by atoms with Gasteiger partial charge < -0.3 is 24.2 Å². The van der Waals surface area contributed by atoms with Crippen LogP contribution in [0.15, 0.2) is 52.5 Å². The zero-order chi connectivity index (χ0) is 21.8. The van der Waals surface area contributed by atoms with E-state index in [4.69, 9.17) is 14.2 Å². The van der Waals surface area contributed by atoms with Crippen LogP contribution in [0, 0.1) is 0 Å². The molecule has 1 heterocycles. The second-order valence-corrected chi connectivity index (χ2v) is 7.43. The molecule has 1 atom stereocenters. The Balaban J connectivity index is 2.21. The Labute approximate surface area is 183 Å². The highest BCUT2D eigenvalue weighted by Crippen LogP contribution is 2.43. The summed E-state index contributed by atoms with van der Waals surface area (Å²) in [5.74, 6) is -0.641. The number of amides is 1. The first-order valence-electron chi connectivity index (χ1n) is 9.18. The Morgan fingerprint density at radius 3 is 2.40 bits per heavy atom. The van der Waals surface area contributed by atoms with Gasteiger partial charge in [0.15, 0.2) is 0 Å². The number of nitrogens with zero attached hydrogens (tertiary/aromatic N) is 1. The maximum atomic E-state index is 13.0. The van der Waals surface area contributed by atoms with Gasteiger partial charge >= 0.3 is 0 Å². The molecule has 1 aliphatic rings. The normalized spacial score (nSPS) is 18.0. The van der Waals surface area contributed by atoms with Crippen molar-refractivity contribution in [2.75, 3.05) is 34.5 Å². The highest BCUT2D eigenvalue weighted by molar-refractivity contribution is 9.10. The first-order valence-corrected chi connectivity index (χ1v) is 9.98. The van der Waals surface area contributed by atoms with E-state index in [-0.39, 0.29) is 24.5 Å². The largest absolute Gasteiger partial charge is 0.507 e. The number of carbonyl (C=O) groups excluding carboxylic acids is 2. The fraction of sp³-hybridized carbons (Fsp3) is 0.273. The average molecular weight is 476 g/mol. The van der Waals surface area contributed by atoms with Crippen LogP contribution in [0.2, 0.25) is 0 Å². The van der Waals surface area contributed by atoms with Gasteiger partial charge in [0.05, 0.1) is 36.9 Å². The third kappa shape index (κ3) is 3.93. The van der Waals surface area contributed by atoms with Crippen LogP contribution in [0.5, 0.6) is 11.5 Å². The zero-order valence-electron chi connectivity index (χ0n) is 16.8. The van der Waals surface area contributed by atoms with Crippen LogP contribution < -0.4 is 9.47 Å². The zero-order valence-corrected chi connectivity index (χ0v) is 18.4. The average Bonchev–Trinajstić information content (AvgIpc) is 3.01. The van der Waals surface area contributed by atoms with Gasteiger partial charge in [-0.2, -0.15) is 0 Å². The smallest absolute Gasteiger partial charge is 0.295 e. The van der Waals surface area contributed by atoms with Crippen LogP contribution in [-0.4, -0.2) is 56.2 Å². The number of aliphatic hydroxyl groups excluding tert-OH is 1. The van der Waals surface area contributed by atoms with Gasteiger partial charge in [0.25, 0.3) is 11.7 Å². The second-order valence-electron chi connectivity index (χ2n) is 6.58. The fourth-order valence-electron chi connectivity index (χ4n) is 3.49. The number of hydrogen-bond acceptors (Lipinski definition) is 6. The van der Waals surface area contributed by atoms with E-state index >= 15 is 0 Å². The Bertz CT molecular complexity index is 1000. The summed E-state index contributed by atoms with van der Waals surface area (Å²) in [5, 5.41) is 11.1. The van der Waals surface area contributed by atoms with Crippen LogP contribution in [0.4, 0.5) is 0 Å². The molecule has 0 spiro atoms. The van der Waals surface area contributed by atoms with Crippen molar-refractivity contribution in [3.05, 3.63) is 63.6 Å².